The lowest BCUT2D eigenvalue weighted by atomic mass is 9.73. The van der Waals surface area contributed by atoms with Gasteiger partial charge in [0.2, 0.25) is 0 Å². The Bertz CT molecular complexity index is 882. The molecule has 0 bridgehead atoms. The van der Waals surface area contributed by atoms with Gasteiger partial charge in [-0.25, -0.2) is 4.39 Å². The smallest absolute Gasteiger partial charge is 0.168 e. The van der Waals surface area contributed by atoms with Gasteiger partial charge in [0, 0.05) is 12.0 Å². The summed E-state index contributed by atoms with van der Waals surface area (Å²) in [7, 11) is 0. The van der Waals surface area contributed by atoms with E-state index < -0.39 is 5.82 Å². The molecule has 1 N–H and O–H groups in total. The molecule has 1 aliphatic rings. The van der Waals surface area contributed by atoms with Crippen LogP contribution in [0.1, 0.15) is 37.8 Å². The lowest BCUT2D eigenvalue weighted by molar-refractivity contribution is -0.117. The summed E-state index contributed by atoms with van der Waals surface area (Å²) < 4.78 is 13.5. The zero-order chi connectivity index (χ0) is 18.7. The van der Waals surface area contributed by atoms with Crippen molar-refractivity contribution in [2.75, 3.05) is 0 Å². The molecule has 1 aliphatic carbocycles. The van der Waals surface area contributed by atoms with Crippen molar-refractivity contribution in [3.63, 3.8) is 0 Å². The summed E-state index contributed by atoms with van der Waals surface area (Å²) in [4.78, 5) is 17.4. The molecule has 2 aromatic carbocycles. The molecule has 0 saturated heterocycles. The molecule has 134 valence electrons. The van der Waals surface area contributed by atoms with Crippen molar-refractivity contribution in [2.24, 2.45) is 10.4 Å². The largest absolute Gasteiger partial charge is 0.506 e. The highest BCUT2D eigenvalue weighted by atomic mass is 19.1. The molecule has 4 heteroatoms. The highest BCUT2D eigenvalue weighted by Gasteiger charge is 2.36. The van der Waals surface area contributed by atoms with Gasteiger partial charge in [-0.2, -0.15) is 0 Å². The summed E-state index contributed by atoms with van der Waals surface area (Å²) in [5, 5.41) is 10.7. The summed E-state index contributed by atoms with van der Waals surface area (Å²) in [6.45, 7) is 4.46. The Morgan fingerprint density at radius 2 is 1.85 bits per heavy atom. The van der Waals surface area contributed by atoms with Crippen LogP contribution in [0, 0.1) is 11.2 Å². The van der Waals surface area contributed by atoms with Crippen molar-refractivity contribution in [1.29, 1.82) is 0 Å². The van der Waals surface area contributed by atoms with Crippen LogP contribution in [0.25, 0.3) is 5.76 Å². The van der Waals surface area contributed by atoms with Gasteiger partial charge in [-0.05, 0) is 29.5 Å². The number of hydrogen-bond acceptors (Lipinski definition) is 3. The molecule has 0 radical (unpaired) electrons. The van der Waals surface area contributed by atoms with Crippen LogP contribution in [0.15, 0.2) is 65.2 Å². The van der Waals surface area contributed by atoms with E-state index in [0.717, 1.165) is 5.56 Å². The maximum absolute atomic E-state index is 13.5. The molecule has 0 aliphatic heterocycles. The van der Waals surface area contributed by atoms with E-state index in [2.05, 4.69) is 4.99 Å². The van der Waals surface area contributed by atoms with Gasteiger partial charge in [-0.1, -0.05) is 56.3 Å². The highest BCUT2D eigenvalue weighted by molar-refractivity contribution is 6.28. The molecule has 2 aromatic rings. The Labute approximate surface area is 152 Å². The number of ketones is 1. The normalized spacial score (nSPS) is 20.3. The Kier molecular flexibility index (Phi) is 5.03. The maximum atomic E-state index is 13.5. The average Bonchev–Trinajstić information content (AvgIpc) is 2.59. The number of rotatable bonds is 3. The fourth-order valence-corrected chi connectivity index (χ4v) is 3.24. The molecule has 0 amide bonds. The predicted molar refractivity (Wildman–Crippen MR) is 102 cm³/mol. The molecule has 0 aromatic heterocycles. The van der Waals surface area contributed by atoms with Crippen LogP contribution >= 0.6 is 0 Å². The second-order valence-corrected chi connectivity index (χ2v) is 7.42. The molecule has 0 unspecified atom stereocenters. The van der Waals surface area contributed by atoms with Gasteiger partial charge in [0.25, 0.3) is 0 Å². The molecular weight excluding hydrogens is 329 g/mol. The molecular formula is C22H22FNO2. The summed E-state index contributed by atoms with van der Waals surface area (Å²) in [6, 6.07) is 15.4. The minimum atomic E-state index is -0.457. The Morgan fingerprint density at radius 3 is 2.54 bits per heavy atom. The third-order valence-electron chi connectivity index (χ3n) is 4.48. The van der Waals surface area contributed by atoms with E-state index >= 15 is 0 Å². The van der Waals surface area contributed by atoms with Gasteiger partial charge >= 0.3 is 0 Å². The van der Waals surface area contributed by atoms with Gasteiger partial charge in [0.15, 0.2) is 5.78 Å². The first kappa shape index (κ1) is 18.1. The van der Waals surface area contributed by atoms with Crippen molar-refractivity contribution in [3.8, 4) is 0 Å². The number of hydrogen-bond donors (Lipinski definition) is 1. The molecule has 1 saturated carbocycles. The number of nitrogens with zero attached hydrogens (tertiary/aromatic N) is 1. The Morgan fingerprint density at radius 1 is 1.12 bits per heavy atom. The number of carbonyl (C=O) groups is 1. The highest BCUT2D eigenvalue weighted by Crippen LogP contribution is 2.37. The van der Waals surface area contributed by atoms with Crippen LogP contribution in [-0.2, 0) is 11.3 Å². The third-order valence-corrected chi connectivity index (χ3v) is 4.48. The van der Waals surface area contributed by atoms with Gasteiger partial charge in [-0.15, -0.1) is 0 Å². The van der Waals surface area contributed by atoms with Gasteiger partial charge in [-0.3, -0.25) is 9.79 Å². The van der Waals surface area contributed by atoms with Crippen molar-refractivity contribution in [1.82, 2.24) is 0 Å². The second-order valence-electron chi connectivity index (χ2n) is 7.42. The fourth-order valence-electron chi connectivity index (χ4n) is 3.24. The molecule has 26 heavy (non-hydrogen) atoms. The van der Waals surface area contributed by atoms with Crippen LogP contribution < -0.4 is 0 Å². The van der Waals surface area contributed by atoms with Crippen LogP contribution in [0.3, 0.4) is 0 Å². The summed E-state index contributed by atoms with van der Waals surface area (Å²) in [5.74, 6) is -0.812. The number of benzene rings is 2. The lowest BCUT2D eigenvalue weighted by Crippen LogP contribution is -2.32. The van der Waals surface area contributed by atoms with E-state index in [0.29, 0.717) is 30.7 Å². The number of aliphatic imine (C=N–C) groups is 1. The first-order valence-electron chi connectivity index (χ1n) is 8.66. The third kappa shape index (κ3) is 4.07. The van der Waals surface area contributed by atoms with Gasteiger partial charge < -0.3 is 5.11 Å². The number of aliphatic hydroxyl groups is 1. The van der Waals surface area contributed by atoms with E-state index in [1.165, 1.54) is 18.2 Å². The fraction of sp³-hybridized carbons (Fsp3) is 0.273. The summed E-state index contributed by atoms with van der Waals surface area (Å²) in [6.07, 6.45) is 0.909. The van der Waals surface area contributed by atoms with Crippen LogP contribution in [-0.4, -0.2) is 16.6 Å². The van der Waals surface area contributed by atoms with E-state index in [4.69, 9.17) is 0 Å². The topological polar surface area (TPSA) is 49.7 Å². The van der Waals surface area contributed by atoms with Crippen LogP contribution in [0.5, 0.6) is 0 Å². The first-order chi connectivity index (χ1) is 12.4. The molecule has 3 nitrogen and oxygen atoms in total. The van der Waals surface area contributed by atoms with E-state index in [9.17, 15) is 14.3 Å². The van der Waals surface area contributed by atoms with E-state index in [1.807, 2.05) is 44.2 Å². The molecule has 1 fully saturated rings. The standard InChI is InChI=1S/C22H22FNO2/c1-22(2)12-18(24-14-15-7-4-3-5-8-15)20(19(25)13-22)21(26)16-9-6-10-17(23)11-16/h3-11,26H,12-14H2,1-2H3/b21-20+,24-18?. The summed E-state index contributed by atoms with van der Waals surface area (Å²) in [5.41, 5.74) is 1.89. The molecule has 0 heterocycles. The lowest BCUT2D eigenvalue weighted by Gasteiger charge is -2.31. The number of carbonyl (C=O) groups excluding carboxylic acids is 1. The van der Waals surface area contributed by atoms with Crippen molar-refractivity contribution >= 4 is 17.3 Å². The second kappa shape index (κ2) is 7.24. The zero-order valence-corrected chi connectivity index (χ0v) is 15.0. The van der Waals surface area contributed by atoms with Crippen molar-refractivity contribution in [3.05, 3.63) is 77.1 Å². The van der Waals surface area contributed by atoms with E-state index in [-0.39, 0.29) is 22.5 Å². The van der Waals surface area contributed by atoms with Crippen LogP contribution in [0.4, 0.5) is 4.39 Å². The summed E-state index contributed by atoms with van der Waals surface area (Å²) >= 11 is 0. The number of aliphatic hydroxyl groups excluding tert-OH is 1. The number of allylic oxidation sites excluding steroid dienone is 1. The first-order valence-corrected chi connectivity index (χ1v) is 8.66. The number of halogens is 1. The van der Waals surface area contributed by atoms with E-state index in [1.54, 1.807) is 6.07 Å². The van der Waals surface area contributed by atoms with Gasteiger partial charge in [0.1, 0.15) is 11.6 Å². The SMILES string of the molecule is CC1(C)CC(=O)/C(=C(/O)c2cccc(F)c2)C(=NCc2ccccc2)C1. The Balaban J connectivity index is 2.04. The molecule has 3 rings (SSSR count). The minimum absolute atomic E-state index is 0.158. The van der Waals surface area contributed by atoms with Crippen molar-refractivity contribution in [2.45, 2.75) is 33.2 Å². The molecule has 0 spiro atoms. The quantitative estimate of drug-likeness (QED) is 0.616. The van der Waals surface area contributed by atoms with Gasteiger partial charge in [0.05, 0.1) is 17.8 Å². The predicted octanol–water partition coefficient (Wildman–Crippen LogP) is 5.13. The monoisotopic (exact) mass is 351 g/mol. The minimum Gasteiger partial charge on any atom is -0.506 e. The van der Waals surface area contributed by atoms with Crippen molar-refractivity contribution < 1.29 is 14.3 Å². The molecule has 0 atom stereocenters. The zero-order valence-electron chi connectivity index (χ0n) is 15.0. The number of Topliss-reactive ketones (excluding diaryl/α,β-unsaturated/α-hetero) is 1. The van der Waals surface area contributed by atoms with Crippen LogP contribution in [0.2, 0.25) is 0 Å². The maximum Gasteiger partial charge on any atom is 0.168 e. The Hall–Kier alpha value is -2.75. The average molecular weight is 351 g/mol.